The van der Waals surface area contributed by atoms with Gasteiger partial charge in [0, 0.05) is 44.0 Å². The number of hydrogen-bond donors (Lipinski definition) is 4. The van der Waals surface area contributed by atoms with Gasteiger partial charge in [0.2, 0.25) is 0 Å². The molecule has 3 heterocycles. The number of aromatic nitrogens is 3. The van der Waals surface area contributed by atoms with Gasteiger partial charge in [-0.1, -0.05) is 12.1 Å². The number of nitrogens with two attached hydrogens (primary N) is 1. The lowest BCUT2D eigenvalue weighted by Crippen LogP contribution is -2.44. The third kappa shape index (κ3) is 7.71. The highest BCUT2D eigenvalue weighted by molar-refractivity contribution is 6.08. The van der Waals surface area contributed by atoms with Crippen LogP contribution in [0, 0.1) is 5.82 Å². The van der Waals surface area contributed by atoms with Crippen molar-refractivity contribution in [3.63, 3.8) is 0 Å². The average Bonchev–Trinajstić information content (AvgIpc) is 3.32. The van der Waals surface area contributed by atoms with Crippen LogP contribution in [0.3, 0.4) is 0 Å². The van der Waals surface area contributed by atoms with Crippen molar-refractivity contribution >= 4 is 34.6 Å². The maximum absolute atomic E-state index is 14.1. The number of alkyl halides is 6. The SMILES string of the molecule is CN1CCN(Cc2c(C(=O)NCC(F)(F)F)c(-c3ccc(NC(=O)Nc4cc(C(F)(F)F)ccc4F)cc3)c3c(N)ncnn23)CC1. The number of anilines is 3. The van der Waals surface area contributed by atoms with Crippen molar-refractivity contribution in [2.24, 2.45) is 0 Å². The summed E-state index contributed by atoms with van der Waals surface area (Å²) in [4.78, 5) is 34.2. The lowest BCUT2D eigenvalue weighted by molar-refractivity contribution is -0.137. The lowest BCUT2D eigenvalue weighted by atomic mass is 9.99. The van der Waals surface area contributed by atoms with Crippen molar-refractivity contribution < 1.29 is 40.3 Å². The van der Waals surface area contributed by atoms with Crippen LogP contribution >= 0.6 is 0 Å². The summed E-state index contributed by atoms with van der Waals surface area (Å²) in [5.41, 5.74) is 5.29. The number of benzene rings is 2. The molecule has 5 rings (SSSR count). The Bertz CT molecular complexity index is 1780. The van der Waals surface area contributed by atoms with Crippen LogP contribution in [0.2, 0.25) is 0 Å². The van der Waals surface area contributed by atoms with E-state index in [2.05, 4.69) is 20.3 Å². The Balaban J connectivity index is 1.49. The standard InChI is InChI=1S/C29H28F7N9O2/c1-43-8-10-44(11-9-43)13-21-23(26(46)38-14-28(31,32)33)22(24-25(37)39-15-40-45(21)24)16-2-5-18(6-3-16)41-27(47)42-20-12-17(29(34,35)36)4-7-19(20)30/h2-7,12,15H,8-11,13-14H2,1H3,(H,38,46)(H2,37,39,40)(H2,41,42,47). The molecule has 0 aliphatic carbocycles. The summed E-state index contributed by atoms with van der Waals surface area (Å²) in [5, 5.41) is 10.6. The number of urea groups is 1. The molecular formula is C29H28F7N9O2. The van der Waals surface area contributed by atoms with Crippen molar-refractivity contribution in [2.75, 3.05) is 56.1 Å². The quantitative estimate of drug-likeness (QED) is 0.208. The van der Waals surface area contributed by atoms with Crippen molar-refractivity contribution in [1.82, 2.24) is 29.7 Å². The Hall–Kier alpha value is -4.97. The molecule has 47 heavy (non-hydrogen) atoms. The van der Waals surface area contributed by atoms with Crippen molar-refractivity contribution in [3.05, 3.63) is 71.4 Å². The summed E-state index contributed by atoms with van der Waals surface area (Å²) in [6.45, 7) is 1.27. The maximum atomic E-state index is 14.1. The number of nitrogens with zero attached hydrogens (tertiary/aromatic N) is 5. The number of nitrogens with one attached hydrogen (secondary N) is 3. The van der Waals surface area contributed by atoms with Crippen molar-refractivity contribution in [3.8, 4) is 11.1 Å². The van der Waals surface area contributed by atoms with E-state index in [0.29, 0.717) is 36.9 Å². The number of likely N-dealkylation sites (N-methyl/N-ethyl adjacent to an activating group) is 1. The Kier molecular flexibility index (Phi) is 9.26. The molecule has 0 spiro atoms. The van der Waals surface area contributed by atoms with Crippen LogP contribution in [0.15, 0.2) is 48.8 Å². The number of amides is 3. The van der Waals surface area contributed by atoms with Gasteiger partial charge in [-0.2, -0.15) is 31.4 Å². The predicted octanol–water partition coefficient (Wildman–Crippen LogP) is 4.82. The normalized spacial score (nSPS) is 14.7. The van der Waals surface area contributed by atoms with Crippen LogP contribution in [-0.2, 0) is 12.7 Å². The van der Waals surface area contributed by atoms with Crippen LogP contribution < -0.4 is 21.7 Å². The molecule has 3 amide bonds. The smallest absolute Gasteiger partial charge is 0.382 e. The molecule has 0 saturated carbocycles. The van der Waals surface area contributed by atoms with E-state index in [4.69, 9.17) is 5.73 Å². The molecule has 0 bridgehead atoms. The molecule has 18 heteroatoms. The van der Waals surface area contributed by atoms with E-state index in [9.17, 15) is 40.3 Å². The zero-order valence-corrected chi connectivity index (χ0v) is 24.6. The molecule has 0 unspecified atom stereocenters. The van der Waals surface area contributed by atoms with E-state index < -0.39 is 47.9 Å². The van der Waals surface area contributed by atoms with Gasteiger partial charge in [-0.25, -0.2) is 18.7 Å². The van der Waals surface area contributed by atoms with Gasteiger partial charge < -0.3 is 26.6 Å². The average molecular weight is 668 g/mol. The molecule has 5 N–H and O–H groups in total. The highest BCUT2D eigenvalue weighted by Crippen LogP contribution is 2.37. The third-order valence-electron chi connectivity index (χ3n) is 7.47. The molecule has 0 radical (unpaired) electrons. The first-order valence-corrected chi connectivity index (χ1v) is 14.1. The number of hydrogen-bond acceptors (Lipinski definition) is 7. The maximum Gasteiger partial charge on any atom is 0.416 e. The minimum absolute atomic E-state index is 0.0470. The van der Waals surface area contributed by atoms with E-state index in [0.717, 1.165) is 19.4 Å². The second kappa shape index (κ2) is 13.0. The fraction of sp³-hybridized carbons (Fsp3) is 0.310. The van der Waals surface area contributed by atoms with E-state index in [1.807, 2.05) is 22.6 Å². The number of nitrogen functional groups attached to an aromatic ring is 1. The Morgan fingerprint density at radius 3 is 2.28 bits per heavy atom. The molecule has 11 nitrogen and oxygen atoms in total. The van der Waals surface area contributed by atoms with Crippen LogP contribution in [-0.4, -0.2) is 82.3 Å². The summed E-state index contributed by atoms with van der Waals surface area (Å²) in [6.07, 6.45) is -8.28. The van der Waals surface area contributed by atoms with Crippen molar-refractivity contribution in [1.29, 1.82) is 0 Å². The zero-order chi connectivity index (χ0) is 34.1. The molecular weight excluding hydrogens is 639 g/mol. The minimum atomic E-state index is -4.76. The Morgan fingerprint density at radius 1 is 0.957 bits per heavy atom. The highest BCUT2D eigenvalue weighted by Gasteiger charge is 2.33. The first kappa shape index (κ1) is 33.4. The molecule has 4 aromatic rings. The topological polar surface area (TPSA) is 133 Å². The van der Waals surface area contributed by atoms with E-state index in [-0.39, 0.29) is 40.4 Å². The summed E-state index contributed by atoms with van der Waals surface area (Å²) in [7, 11) is 1.96. The van der Waals surface area contributed by atoms with E-state index in [1.54, 1.807) is 0 Å². The molecule has 1 aliphatic rings. The zero-order valence-electron chi connectivity index (χ0n) is 24.6. The molecule has 1 fully saturated rings. The van der Waals surface area contributed by atoms with Gasteiger partial charge in [-0.15, -0.1) is 0 Å². The van der Waals surface area contributed by atoms with E-state index >= 15 is 0 Å². The Morgan fingerprint density at radius 2 is 1.64 bits per heavy atom. The summed E-state index contributed by atoms with van der Waals surface area (Å²) in [6, 6.07) is 6.15. The first-order chi connectivity index (χ1) is 22.1. The monoisotopic (exact) mass is 667 g/mol. The van der Waals surface area contributed by atoms with Gasteiger partial charge >= 0.3 is 18.4 Å². The fourth-order valence-electron chi connectivity index (χ4n) is 5.13. The van der Waals surface area contributed by atoms with Crippen LogP contribution in [0.4, 0.5) is 52.7 Å². The molecule has 1 saturated heterocycles. The number of carbonyl (C=O) groups excluding carboxylic acids is 2. The second-order valence-electron chi connectivity index (χ2n) is 10.8. The van der Waals surface area contributed by atoms with Gasteiger partial charge in [0.1, 0.15) is 24.2 Å². The Labute approximate surface area is 262 Å². The first-order valence-electron chi connectivity index (χ1n) is 14.1. The summed E-state index contributed by atoms with van der Waals surface area (Å²) >= 11 is 0. The van der Waals surface area contributed by atoms with Gasteiger partial charge in [0.15, 0.2) is 5.82 Å². The van der Waals surface area contributed by atoms with Crippen LogP contribution in [0.5, 0.6) is 0 Å². The largest absolute Gasteiger partial charge is 0.416 e. The van der Waals surface area contributed by atoms with Gasteiger partial charge in [0.05, 0.1) is 22.5 Å². The van der Waals surface area contributed by atoms with Crippen LogP contribution in [0.25, 0.3) is 16.6 Å². The van der Waals surface area contributed by atoms with E-state index in [1.165, 1.54) is 28.8 Å². The highest BCUT2D eigenvalue weighted by atomic mass is 19.4. The van der Waals surface area contributed by atoms with Gasteiger partial charge in [-0.05, 0) is 42.9 Å². The summed E-state index contributed by atoms with van der Waals surface area (Å²) < 4.78 is 94.0. The molecule has 0 atom stereocenters. The number of rotatable bonds is 7. The predicted molar refractivity (Wildman–Crippen MR) is 158 cm³/mol. The van der Waals surface area contributed by atoms with Gasteiger partial charge in [0.25, 0.3) is 5.91 Å². The fourth-order valence-corrected chi connectivity index (χ4v) is 5.13. The third-order valence-corrected chi connectivity index (χ3v) is 7.47. The summed E-state index contributed by atoms with van der Waals surface area (Å²) in [5.74, 6) is -2.15. The molecule has 2 aromatic carbocycles. The lowest BCUT2D eigenvalue weighted by Gasteiger charge is -2.32. The molecule has 1 aliphatic heterocycles. The molecule has 2 aromatic heterocycles. The van der Waals surface area contributed by atoms with Crippen molar-refractivity contribution in [2.45, 2.75) is 18.9 Å². The van der Waals surface area contributed by atoms with Crippen LogP contribution in [0.1, 0.15) is 21.6 Å². The molecule has 250 valence electrons. The second-order valence-corrected chi connectivity index (χ2v) is 10.8. The number of carbonyl (C=O) groups is 2. The number of fused-ring (bicyclic) bond motifs is 1. The van der Waals surface area contributed by atoms with Gasteiger partial charge in [-0.3, -0.25) is 9.69 Å². The number of halogens is 7. The minimum Gasteiger partial charge on any atom is -0.382 e. The number of piperazine rings is 1.